The van der Waals surface area contributed by atoms with Crippen molar-refractivity contribution in [2.45, 2.75) is 12.0 Å². The Kier molecular flexibility index (Phi) is 6.53. The molecule has 0 amide bonds. The zero-order chi connectivity index (χ0) is 37.9. The number of allylic oxidation sites excluding steroid dienone is 2. The monoisotopic (exact) mass is 740 g/mol. The first-order chi connectivity index (χ1) is 28.8. The minimum absolute atomic E-state index is 0.198. The van der Waals surface area contributed by atoms with Gasteiger partial charge in [-0.3, -0.25) is 0 Å². The normalized spacial score (nSPS) is 16.1. The van der Waals surface area contributed by atoms with Gasteiger partial charge in [-0.1, -0.05) is 133 Å². The smallest absolute Gasteiger partial charge is 0.0641 e. The van der Waals surface area contributed by atoms with Crippen molar-refractivity contribution in [1.29, 1.82) is 0 Å². The molecule has 58 heavy (non-hydrogen) atoms. The van der Waals surface area contributed by atoms with Crippen LogP contribution in [0.25, 0.3) is 82.5 Å². The maximum Gasteiger partial charge on any atom is 0.0641 e. The SMILES string of the molecule is C1=CC2c3c(ccc4c5ccccc5n(-c5cccc(-n6c7ccccc7c7ccc8c(c9ccccc9n8-c8ccccc8)c76)c5)c34)N(c3ccccc3)C2C=C1. The molecule has 4 nitrogen and oxygen atoms in total. The molecule has 13 rings (SSSR count). The van der Waals surface area contributed by atoms with E-state index >= 15 is 0 Å². The lowest BCUT2D eigenvalue weighted by atomic mass is 9.90. The highest BCUT2D eigenvalue weighted by Crippen LogP contribution is 2.52. The minimum Gasteiger partial charge on any atom is -0.333 e. The van der Waals surface area contributed by atoms with Gasteiger partial charge in [0.1, 0.15) is 0 Å². The number of nitrogens with zero attached hydrogens (tertiary/aromatic N) is 4. The lowest BCUT2D eigenvalue weighted by Crippen LogP contribution is -2.28. The van der Waals surface area contributed by atoms with E-state index in [1.807, 2.05) is 0 Å². The Hall–Kier alpha value is -7.56. The van der Waals surface area contributed by atoms with Gasteiger partial charge in [0.2, 0.25) is 0 Å². The van der Waals surface area contributed by atoms with Crippen molar-refractivity contribution in [2.24, 2.45) is 0 Å². The third-order valence-electron chi connectivity index (χ3n) is 12.7. The molecular weight excluding hydrogens is 705 g/mol. The van der Waals surface area contributed by atoms with E-state index < -0.39 is 0 Å². The number of aromatic nitrogens is 3. The van der Waals surface area contributed by atoms with Crippen molar-refractivity contribution in [1.82, 2.24) is 13.7 Å². The van der Waals surface area contributed by atoms with Crippen LogP contribution in [0.4, 0.5) is 11.4 Å². The van der Waals surface area contributed by atoms with Gasteiger partial charge in [-0.05, 0) is 72.8 Å². The second kappa shape index (κ2) is 12.0. The molecule has 0 saturated heterocycles. The number of hydrogen-bond donors (Lipinski definition) is 0. The lowest BCUT2D eigenvalue weighted by Gasteiger charge is -2.28. The molecule has 4 heteroatoms. The van der Waals surface area contributed by atoms with Crippen LogP contribution in [0, 0.1) is 0 Å². The third kappa shape index (κ3) is 4.24. The standard InChI is InChI=1S/C54H36N4/c1-3-16-35(17-4-1)55-47-28-13-9-24-43(47)51-49(55)32-30-41-39-22-7-11-26-45(39)57(53(41)51)37-20-15-21-38(34-37)58-46-27-12-8-23-40(46)42-31-33-50-52(54(42)58)44-25-10-14-29-48(44)56(50)36-18-5-2-6-19-36/h1-34,43,47H. The fourth-order valence-electron chi connectivity index (χ4n) is 10.5. The number of para-hydroxylation sites is 5. The summed E-state index contributed by atoms with van der Waals surface area (Å²) in [5.41, 5.74) is 14.6. The molecule has 8 aromatic carbocycles. The first kappa shape index (κ1) is 31.6. The van der Waals surface area contributed by atoms with Gasteiger partial charge in [0.25, 0.3) is 0 Å². The van der Waals surface area contributed by atoms with Crippen molar-refractivity contribution in [3.05, 3.63) is 212 Å². The van der Waals surface area contributed by atoms with E-state index in [1.165, 1.54) is 82.4 Å². The molecule has 0 radical (unpaired) electrons. The molecule has 272 valence electrons. The second-order valence-corrected chi connectivity index (χ2v) is 15.7. The first-order valence-electron chi connectivity index (χ1n) is 20.2. The van der Waals surface area contributed by atoms with E-state index in [1.54, 1.807) is 0 Å². The van der Waals surface area contributed by atoms with Crippen molar-refractivity contribution < 1.29 is 0 Å². The molecule has 1 aliphatic carbocycles. The van der Waals surface area contributed by atoms with E-state index in [2.05, 4.69) is 225 Å². The molecule has 0 fully saturated rings. The summed E-state index contributed by atoms with van der Waals surface area (Å²) in [6.07, 6.45) is 9.21. The molecule has 11 aromatic rings. The van der Waals surface area contributed by atoms with Crippen LogP contribution in [-0.4, -0.2) is 19.7 Å². The Morgan fingerprint density at radius 1 is 0.345 bits per heavy atom. The molecule has 1 aliphatic heterocycles. The summed E-state index contributed by atoms with van der Waals surface area (Å²) in [6.45, 7) is 0. The Balaban J connectivity index is 1.11. The van der Waals surface area contributed by atoms with Crippen LogP contribution in [0.2, 0.25) is 0 Å². The van der Waals surface area contributed by atoms with Crippen LogP contribution in [0.1, 0.15) is 11.5 Å². The van der Waals surface area contributed by atoms with Gasteiger partial charge in [-0.25, -0.2) is 0 Å². The highest BCUT2D eigenvalue weighted by atomic mass is 15.2. The van der Waals surface area contributed by atoms with Crippen molar-refractivity contribution in [3.8, 4) is 17.1 Å². The number of hydrogen-bond acceptors (Lipinski definition) is 1. The maximum absolute atomic E-state index is 2.54. The van der Waals surface area contributed by atoms with Gasteiger partial charge in [0, 0.05) is 72.2 Å². The molecule has 4 heterocycles. The van der Waals surface area contributed by atoms with Crippen LogP contribution in [0.15, 0.2) is 206 Å². The first-order valence-corrected chi connectivity index (χ1v) is 20.2. The quantitative estimate of drug-likeness (QED) is 0.176. The summed E-state index contributed by atoms with van der Waals surface area (Å²) in [6, 6.07) is 67.1. The van der Waals surface area contributed by atoms with Crippen molar-refractivity contribution in [2.75, 3.05) is 4.90 Å². The zero-order valence-electron chi connectivity index (χ0n) is 31.6. The molecular formula is C54H36N4. The third-order valence-corrected chi connectivity index (χ3v) is 12.7. The number of rotatable bonds is 4. The van der Waals surface area contributed by atoms with E-state index in [9.17, 15) is 0 Å². The summed E-state index contributed by atoms with van der Waals surface area (Å²) in [7, 11) is 0. The Labute approximate surface area is 335 Å². The number of benzene rings is 8. The van der Waals surface area contributed by atoms with Crippen LogP contribution in [-0.2, 0) is 0 Å². The van der Waals surface area contributed by atoms with E-state index in [0.717, 1.165) is 17.1 Å². The molecule has 2 atom stereocenters. The summed E-state index contributed by atoms with van der Waals surface area (Å²) >= 11 is 0. The Morgan fingerprint density at radius 2 is 0.879 bits per heavy atom. The lowest BCUT2D eigenvalue weighted by molar-refractivity contribution is 0.746. The summed E-state index contributed by atoms with van der Waals surface area (Å²) in [4.78, 5) is 2.53. The van der Waals surface area contributed by atoms with Gasteiger partial charge in [-0.15, -0.1) is 0 Å². The van der Waals surface area contributed by atoms with Gasteiger partial charge in [0.05, 0.1) is 39.1 Å². The Bertz CT molecular complexity index is 3520. The van der Waals surface area contributed by atoms with Gasteiger partial charge >= 0.3 is 0 Å². The average Bonchev–Trinajstić information content (AvgIpc) is 4.02. The summed E-state index contributed by atoms with van der Waals surface area (Å²) < 4.78 is 7.47. The fraction of sp³-hybridized carbons (Fsp3) is 0.0370. The van der Waals surface area contributed by atoms with E-state index in [4.69, 9.17) is 0 Å². The van der Waals surface area contributed by atoms with Crippen LogP contribution in [0.3, 0.4) is 0 Å². The minimum atomic E-state index is 0.198. The predicted octanol–water partition coefficient (Wildman–Crippen LogP) is 13.7. The zero-order valence-corrected chi connectivity index (χ0v) is 31.6. The summed E-state index contributed by atoms with van der Waals surface area (Å²) in [5.74, 6) is 0.211. The topological polar surface area (TPSA) is 18.0 Å². The van der Waals surface area contributed by atoms with E-state index in [-0.39, 0.29) is 12.0 Å². The Morgan fingerprint density at radius 3 is 1.59 bits per heavy atom. The fourth-order valence-corrected chi connectivity index (χ4v) is 10.5. The predicted molar refractivity (Wildman–Crippen MR) is 243 cm³/mol. The van der Waals surface area contributed by atoms with E-state index in [0.29, 0.717) is 0 Å². The van der Waals surface area contributed by atoms with Crippen molar-refractivity contribution in [3.63, 3.8) is 0 Å². The molecule has 2 unspecified atom stereocenters. The van der Waals surface area contributed by atoms with Crippen LogP contribution < -0.4 is 4.90 Å². The van der Waals surface area contributed by atoms with Gasteiger partial charge in [0.15, 0.2) is 0 Å². The maximum atomic E-state index is 2.54. The highest BCUT2D eigenvalue weighted by molar-refractivity contribution is 6.26. The molecule has 0 saturated carbocycles. The summed E-state index contributed by atoms with van der Waals surface area (Å²) in [5, 5.41) is 7.56. The molecule has 2 aliphatic rings. The largest absolute Gasteiger partial charge is 0.333 e. The highest BCUT2D eigenvalue weighted by Gasteiger charge is 2.40. The molecule has 3 aromatic heterocycles. The molecule has 0 spiro atoms. The second-order valence-electron chi connectivity index (χ2n) is 15.7. The molecule has 0 bridgehead atoms. The molecule has 0 N–H and O–H groups in total. The number of anilines is 2. The average molecular weight is 741 g/mol. The van der Waals surface area contributed by atoms with Crippen molar-refractivity contribution >= 4 is 76.8 Å². The van der Waals surface area contributed by atoms with Gasteiger partial charge < -0.3 is 18.6 Å². The van der Waals surface area contributed by atoms with Crippen LogP contribution >= 0.6 is 0 Å². The number of fused-ring (bicyclic) bond motifs is 14. The van der Waals surface area contributed by atoms with Crippen LogP contribution in [0.5, 0.6) is 0 Å². The van der Waals surface area contributed by atoms with Gasteiger partial charge in [-0.2, -0.15) is 0 Å².